The number of phenols is 1. The van der Waals surface area contributed by atoms with Crippen molar-refractivity contribution in [3.8, 4) is 11.5 Å². The summed E-state index contributed by atoms with van der Waals surface area (Å²) in [4.78, 5) is 1.02. The molecule has 1 heterocycles. The number of benzene rings is 2. The van der Waals surface area contributed by atoms with E-state index in [9.17, 15) is 9.50 Å². The zero-order valence-corrected chi connectivity index (χ0v) is 10.8. The minimum atomic E-state index is -0.231. The average molecular weight is 274 g/mol. The number of phenolic OH excluding ortho intramolecular Hbond substituents is 1. The lowest BCUT2D eigenvalue weighted by atomic mass is 10.2. The van der Waals surface area contributed by atoms with E-state index < -0.39 is 0 Å². The smallest absolute Gasteiger partial charge is 0.123 e. The molecule has 0 amide bonds. The average Bonchev–Trinajstić information content (AvgIpc) is 2.78. The molecule has 0 radical (unpaired) electrons. The molecule has 1 N–H and O–H groups in total. The summed E-state index contributed by atoms with van der Waals surface area (Å²) in [5.41, 5.74) is 0. The summed E-state index contributed by atoms with van der Waals surface area (Å²) in [6, 6.07) is 13.3. The van der Waals surface area contributed by atoms with Crippen molar-refractivity contribution in [2.45, 2.75) is 6.61 Å². The second-order valence-electron chi connectivity index (χ2n) is 4.18. The Morgan fingerprint density at radius 1 is 1.11 bits per heavy atom. The van der Waals surface area contributed by atoms with E-state index in [1.807, 2.05) is 6.07 Å². The van der Waals surface area contributed by atoms with E-state index in [0.717, 1.165) is 15.0 Å². The summed E-state index contributed by atoms with van der Waals surface area (Å²) in [5, 5.41) is 10.2. The maximum atomic E-state index is 13.1. The Kier molecular flexibility index (Phi) is 3.09. The zero-order valence-electron chi connectivity index (χ0n) is 9.97. The molecule has 0 aliphatic rings. The van der Waals surface area contributed by atoms with E-state index in [0.29, 0.717) is 12.4 Å². The quantitative estimate of drug-likeness (QED) is 0.770. The molecular formula is C15H11FO2S. The van der Waals surface area contributed by atoms with Crippen LogP contribution < -0.4 is 4.74 Å². The highest BCUT2D eigenvalue weighted by Gasteiger charge is 2.04. The summed E-state index contributed by atoms with van der Waals surface area (Å²) < 4.78 is 19.7. The summed E-state index contributed by atoms with van der Waals surface area (Å²) >= 11 is 1.58. The molecule has 3 aromatic rings. The summed E-state index contributed by atoms with van der Waals surface area (Å²) in [6.45, 7) is 0.407. The number of halogens is 1. The molecule has 19 heavy (non-hydrogen) atoms. The van der Waals surface area contributed by atoms with Crippen LogP contribution in [0.4, 0.5) is 4.39 Å². The molecule has 0 aliphatic carbocycles. The molecule has 0 aliphatic heterocycles. The fraction of sp³-hybridized carbons (Fsp3) is 0.0667. The molecule has 2 nitrogen and oxygen atoms in total. The van der Waals surface area contributed by atoms with Crippen LogP contribution >= 0.6 is 11.3 Å². The van der Waals surface area contributed by atoms with E-state index >= 15 is 0 Å². The molecule has 0 saturated heterocycles. The number of fused-ring (bicyclic) bond motifs is 1. The predicted molar refractivity (Wildman–Crippen MR) is 74.2 cm³/mol. The number of ether oxygens (including phenoxy) is 1. The first-order chi connectivity index (χ1) is 9.20. The van der Waals surface area contributed by atoms with E-state index in [4.69, 9.17) is 4.74 Å². The van der Waals surface area contributed by atoms with Crippen molar-refractivity contribution in [1.82, 2.24) is 0 Å². The topological polar surface area (TPSA) is 29.5 Å². The fourth-order valence-corrected chi connectivity index (χ4v) is 2.83. The van der Waals surface area contributed by atoms with Gasteiger partial charge in [0.25, 0.3) is 0 Å². The number of hydrogen-bond donors (Lipinski definition) is 1. The van der Waals surface area contributed by atoms with E-state index in [1.165, 1.54) is 12.1 Å². The number of aromatic hydroxyl groups is 1. The molecule has 0 unspecified atom stereocenters. The number of thiophene rings is 1. The van der Waals surface area contributed by atoms with Gasteiger partial charge in [-0.2, -0.15) is 0 Å². The van der Waals surface area contributed by atoms with Crippen molar-refractivity contribution in [2.24, 2.45) is 0 Å². The second-order valence-corrected chi connectivity index (χ2v) is 5.35. The molecule has 0 saturated carbocycles. The highest BCUT2D eigenvalue weighted by Crippen LogP contribution is 2.27. The van der Waals surface area contributed by atoms with Gasteiger partial charge >= 0.3 is 0 Å². The van der Waals surface area contributed by atoms with Gasteiger partial charge in [0.1, 0.15) is 23.9 Å². The first-order valence-electron chi connectivity index (χ1n) is 5.80. The highest BCUT2D eigenvalue weighted by molar-refractivity contribution is 7.19. The fourth-order valence-electron chi connectivity index (χ4n) is 1.87. The molecule has 2 aromatic carbocycles. The lowest BCUT2D eigenvalue weighted by Crippen LogP contribution is -1.91. The summed E-state index contributed by atoms with van der Waals surface area (Å²) in [6.07, 6.45) is 0. The maximum absolute atomic E-state index is 13.1. The van der Waals surface area contributed by atoms with Crippen LogP contribution in [0.25, 0.3) is 10.1 Å². The Balaban J connectivity index is 1.78. The minimum Gasteiger partial charge on any atom is -0.508 e. The monoisotopic (exact) mass is 274 g/mol. The van der Waals surface area contributed by atoms with Gasteiger partial charge in [-0.05, 0) is 41.8 Å². The van der Waals surface area contributed by atoms with Crippen molar-refractivity contribution in [1.29, 1.82) is 0 Å². The Bertz CT molecular complexity index is 721. The Labute approximate surface area is 113 Å². The molecule has 0 fully saturated rings. The predicted octanol–water partition coefficient (Wildman–Crippen LogP) is 4.33. The molecule has 96 valence electrons. The van der Waals surface area contributed by atoms with Gasteiger partial charge in [-0.25, -0.2) is 4.39 Å². The third kappa shape index (κ3) is 2.69. The zero-order chi connectivity index (χ0) is 13.2. The van der Waals surface area contributed by atoms with Crippen LogP contribution in [0.15, 0.2) is 48.5 Å². The van der Waals surface area contributed by atoms with E-state index in [2.05, 4.69) is 0 Å². The van der Waals surface area contributed by atoms with E-state index in [-0.39, 0.29) is 11.6 Å². The number of rotatable bonds is 3. The lowest BCUT2D eigenvalue weighted by molar-refractivity contribution is 0.308. The van der Waals surface area contributed by atoms with Gasteiger partial charge in [0, 0.05) is 15.6 Å². The molecule has 4 heteroatoms. The SMILES string of the molecule is Oc1cccc(OCc2cc3cc(F)ccc3s2)c1. The highest BCUT2D eigenvalue weighted by atomic mass is 32.1. The first kappa shape index (κ1) is 12.0. The van der Waals surface area contributed by atoms with Crippen LogP contribution in [0.1, 0.15) is 4.88 Å². The van der Waals surface area contributed by atoms with Crippen molar-refractivity contribution in [3.63, 3.8) is 0 Å². The molecule has 0 spiro atoms. The van der Waals surface area contributed by atoms with Crippen LogP contribution in [0.3, 0.4) is 0 Å². The van der Waals surface area contributed by atoms with Gasteiger partial charge in [0.2, 0.25) is 0 Å². The molecule has 1 aromatic heterocycles. The molecule has 3 rings (SSSR count). The van der Waals surface area contributed by atoms with Crippen LogP contribution in [0.2, 0.25) is 0 Å². The van der Waals surface area contributed by atoms with Gasteiger partial charge in [0.05, 0.1) is 0 Å². The summed E-state index contributed by atoms with van der Waals surface area (Å²) in [7, 11) is 0. The van der Waals surface area contributed by atoms with Crippen molar-refractivity contribution >= 4 is 21.4 Å². The minimum absolute atomic E-state index is 0.177. The van der Waals surface area contributed by atoms with Crippen molar-refractivity contribution in [3.05, 3.63) is 59.2 Å². The van der Waals surface area contributed by atoms with Gasteiger partial charge in [0.15, 0.2) is 0 Å². The van der Waals surface area contributed by atoms with Gasteiger partial charge in [-0.15, -0.1) is 11.3 Å². The van der Waals surface area contributed by atoms with Crippen LogP contribution in [-0.2, 0) is 6.61 Å². The molecular weight excluding hydrogens is 263 g/mol. The third-order valence-corrected chi connectivity index (χ3v) is 3.82. The molecule has 0 atom stereocenters. The van der Waals surface area contributed by atoms with Crippen LogP contribution in [0, 0.1) is 5.82 Å². The summed E-state index contributed by atoms with van der Waals surface area (Å²) in [5.74, 6) is 0.560. The van der Waals surface area contributed by atoms with Gasteiger partial charge < -0.3 is 9.84 Å². The van der Waals surface area contributed by atoms with E-state index in [1.54, 1.807) is 41.7 Å². The van der Waals surface area contributed by atoms with Gasteiger partial charge in [-0.3, -0.25) is 0 Å². The Hall–Kier alpha value is -2.07. The largest absolute Gasteiger partial charge is 0.508 e. The normalized spacial score (nSPS) is 10.8. The Morgan fingerprint density at radius 2 is 2.00 bits per heavy atom. The molecule has 0 bridgehead atoms. The first-order valence-corrected chi connectivity index (χ1v) is 6.62. The third-order valence-electron chi connectivity index (χ3n) is 2.73. The van der Waals surface area contributed by atoms with Crippen LogP contribution in [0.5, 0.6) is 11.5 Å². The second kappa shape index (κ2) is 4.90. The Morgan fingerprint density at radius 3 is 2.84 bits per heavy atom. The van der Waals surface area contributed by atoms with Crippen molar-refractivity contribution < 1.29 is 14.2 Å². The van der Waals surface area contributed by atoms with Gasteiger partial charge in [-0.1, -0.05) is 6.07 Å². The maximum Gasteiger partial charge on any atom is 0.123 e. The standard InChI is InChI=1S/C15H11FO2S/c16-11-4-5-15-10(6-11)7-14(19-15)9-18-13-3-1-2-12(17)8-13/h1-8,17H,9H2. The number of hydrogen-bond acceptors (Lipinski definition) is 3. The van der Waals surface area contributed by atoms with Crippen molar-refractivity contribution in [2.75, 3.05) is 0 Å². The lowest BCUT2D eigenvalue weighted by Gasteiger charge is -2.04. The van der Waals surface area contributed by atoms with Crippen LogP contribution in [-0.4, -0.2) is 5.11 Å².